The summed E-state index contributed by atoms with van der Waals surface area (Å²) in [5.41, 5.74) is 8.86. The minimum Gasteiger partial charge on any atom is -0.508 e. The minimum atomic E-state index is 0.266. The number of hydrogen-bond acceptors (Lipinski definition) is 2. The van der Waals surface area contributed by atoms with Gasteiger partial charge in [-0.05, 0) is 52.6 Å². The predicted octanol–water partition coefficient (Wildman–Crippen LogP) is 6.35. The summed E-state index contributed by atoms with van der Waals surface area (Å²) in [4.78, 5) is 5.00. The molecule has 0 fully saturated rings. The van der Waals surface area contributed by atoms with Crippen molar-refractivity contribution in [1.82, 2.24) is 4.98 Å². The molecule has 1 aliphatic rings. The first-order valence-electron chi connectivity index (χ1n) is 8.86. The van der Waals surface area contributed by atoms with E-state index >= 15 is 0 Å². The molecule has 1 aliphatic carbocycles. The van der Waals surface area contributed by atoms with Crippen molar-refractivity contribution in [2.45, 2.75) is 6.42 Å². The number of halogens is 1. The third-order valence-electron chi connectivity index (χ3n) is 5.06. The average molecular weight is 370 g/mol. The van der Waals surface area contributed by atoms with Gasteiger partial charge in [0.1, 0.15) is 5.75 Å². The molecule has 0 atom stereocenters. The van der Waals surface area contributed by atoms with Crippen LogP contribution in [0.4, 0.5) is 0 Å². The Labute approximate surface area is 162 Å². The topological polar surface area (TPSA) is 33.1 Å². The molecule has 1 aromatic heterocycles. The molecule has 0 aliphatic heterocycles. The molecular weight excluding hydrogens is 354 g/mol. The number of hydrogen-bond donors (Lipinski definition) is 1. The van der Waals surface area contributed by atoms with Gasteiger partial charge in [-0.3, -0.25) is 0 Å². The Balaban J connectivity index is 1.78. The average Bonchev–Trinajstić information content (AvgIpc) is 3.07. The number of aromatic hydroxyl groups is 1. The number of aromatic nitrogens is 1. The monoisotopic (exact) mass is 369 g/mol. The predicted molar refractivity (Wildman–Crippen MR) is 110 cm³/mol. The third kappa shape index (κ3) is 2.79. The van der Waals surface area contributed by atoms with Gasteiger partial charge in [0, 0.05) is 22.6 Å². The van der Waals surface area contributed by atoms with Crippen molar-refractivity contribution in [2.75, 3.05) is 0 Å². The van der Waals surface area contributed by atoms with E-state index in [1.54, 1.807) is 12.1 Å². The van der Waals surface area contributed by atoms with Crippen molar-refractivity contribution in [1.29, 1.82) is 0 Å². The lowest BCUT2D eigenvalue weighted by Gasteiger charge is -2.12. The number of pyridine rings is 1. The van der Waals surface area contributed by atoms with Crippen molar-refractivity contribution in [3.05, 3.63) is 95.0 Å². The number of fused-ring (bicyclic) bond motifs is 3. The van der Waals surface area contributed by atoms with Gasteiger partial charge >= 0.3 is 0 Å². The van der Waals surface area contributed by atoms with E-state index in [9.17, 15) is 5.11 Å². The van der Waals surface area contributed by atoms with E-state index in [0.29, 0.717) is 5.02 Å². The van der Waals surface area contributed by atoms with Gasteiger partial charge in [-0.2, -0.15) is 0 Å². The van der Waals surface area contributed by atoms with Crippen LogP contribution in [0.2, 0.25) is 5.02 Å². The lowest BCUT2D eigenvalue weighted by atomic mass is 9.96. The second-order valence-electron chi connectivity index (χ2n) is 6.77. The van der Waals surface area contributed by atoms with E-state index < -0.39 is 0 Å². The molecule has 2 nitrogen and oxygen atoms in total. The normalized spacial score (nSPS) is 11.9. The lowest BCUT2D eigenvalue weighted by molar-refractivity contribution is 0.475. The van der Waals surface area contributed by atoms with Gasteiger partial charge in [0.15, 0.2) is 0 Å². The summed E-state index contributed by atoms with van der Waals surface area (Å²) >= 11 is 6.21. The van der Waals surface area contributed by atoms with E-state index in [-0.39, 0.29) is 5.75 Å². The summed E-state index contributed by atoms with van der Waals surface area (Å²) < 4.78 is 0. The SMILES string of the molecule is Oc1ccc(-c2cc(-c3cccc(Cl)c3)nc3c2Cc2ccccc2-3)cc1. The number of nitrogens with zero attached hydrogens (tertiary/aromatic N) is 1. The van der Waals surface area contributed by atoms with Crippen LogP contribution in [0.15, 0.2) is 78.9 Å². The van der Waals surface area contributed by atoms with Gasteiger partial charge in [-0.25, -0.2) is 4.98 Å². The molecule has 1 heterocycles. The van der Waals surface area contributed by atoms with E-state index in [4.69, 9.17) is 16.6 Å². The fourth-order valence-corrected chi connectivity index (χ4v) is 3.95. The first-order chi connectivity index (χ1) is 13.2. The highest BCUT2D eigenvalue weighted by Crippen LogP contribution is 2.42. The molecular formula is C24H16ClNO. The molecule has 0 radical (unpaired) electrons. The third-order valence-corrected chi connectivity index (χ3v) is 5.30. The summed E-state index contributed by atoms with van der Waals surface area (Å²) in [5.74, 6) is 0.266. The first kappa shape index (κ1) is 16.1. The lowest BCUT2D eigenvalue weighted by Crippen LogP contribution is -1.94. The Hall–Kier alpha value is -3.10. The van der Waals surface area contributed by atoms with E-state index in [1.807, 2.05) is 36.4 Å². The van der Waals surface area contributed by atoms with E-state index in [0.717, 1.165) is 34.5 Å². The molecule has 0 saturated heterocycles. The Kier molecular flexibility index (Phi) is 3.73. The number of benzene rings is 3. The zero-order chi connectivity index (χ0) is 18.4. The van der Waals surface area contributed by atoms with Crippen molar-refractivity contribution >= 4 is 11.6 Å². The first-order valence-corrected chi connectivity index (χ1v) is 9.24. The second-order valence-corrected chi connectivity index (χ2v) is 7.21. The standard InChI is InChI=1S/C24H16ClNO/c25-18-6-3-5-17(12-18)23-14-21(15-8-10-19(27)11-9-15)22-13-16-4-1-2-7-20(16)24(22)26-23/h1-12,14,27H,13H2. The van der Waals surface area contributed by atoms with Crippen LogP contribution in [0, 0.1) is 0 Å². The Bertz CT molecular complexity index is 1170. The Morgan fingerprint density at radius 2 is 1.59 bits per heavy atom. The van der Waals surface area contributed by atoms with Crippen LogP contribution >= 0.6 is 11.6 Å². The second kappa shape index (κ2) is 6.26. The van der Waals surface area contributed by atoms with Crippen LogP contribution in [0.25, 0.3) is 33.6 Å². The van der Waals surface area contributed by atoms with Crippen molar-refractivity contribution in [3.8, 4) is 39.4 Å². The van der Waals surface area contributed by atoms with E-state index in [1.165, 1.54) is 16.7 Å². The van der Waals surface area contributed by atoms with Crippen molar-refractivity contribution < 1.29 is 5.11 Å². The largest absolute Gasteiger partial charge is 0.508 e. The van der Waals surface area contributed by atoms with Gasteiger partial charge < -0.3 is 5.11 Å². The minimum absolute atomic E-state index is 0.266. The molecule has 4 aromatic rings. The highest BCUT2D eigenvalue weighted by atomic mass is 35.5. The smallest absolute Gasteiger partial charge is 0.115 e. The summed E-state index contributed by atoms with van der Waals surface area (Å²) in [6.07, 6.45) is 0.866. The van der Waals surface area contributed by atoms with Gasteiger partial charge in [0.25, 0.3) is 0 Å². The van der Waals surface area contributed by atoms with Crippen LogP contribution in [-0.2, 0) is 6.42 Å². The molecule has 0 saturated carbocycles. The zero-order valence-corrected chi connectivity index (χ0v) is 15.2. The fourth-order valence-electron chi connectivity index (χ4n) is 3.76. The molecule has 0 amide bonds. The molecule has 27 heavy (non-hydrogen) atoms. The number of phenolic OH excluding ortho intramolecular Hbond substituents is 1. The molecule has 5 rings (SSSR count). The zero-order valence-electron chi connectivity index (χ0n) is 14.5. The summed E-state index contributed by atoms with van der Waals surface area (Å²) in [6.45, 7) is 0. The number of rotatable bonds is 2. The summed E-state index contributed by atoms with van der Waals surface area (Å²) in [7, 11) is 0. The summed E-state index contributed by atoms with van der Waals surface area (Å²) in [6, 6.07) is 25.7. The maximum absolute atomic E-state index is 9.68. The highest BCUT2D eigenvalue weighted by Gasteiger charge is 2.24. The molecule has 130 valence electrons. The Morgan fingerprint density at radius 1 is 0.778 bits per heavy atom. The van der Waals surface area contributed by atoms with Crippen LogP contribution < -0.4 is 0 Å². The maximum atomic E-state index is 9.68. The molecule has 0 spiro atoms. The fraction of sp³-hybridized carbons (Fsp3) is 0.0417. The molecule has 3 heteroatoms. The van der Waals surface area contributed by atoms with Crippen LogP contribution in [0.3, 0.4) is 0 Å². The van der Waals surface area contributed by atoms with Gasteiger partial charge in [0.05, 0.1) is 11.4 Å². The summed E-state index contributed by atoms with van der Waals surface area (Å²) in [5, 5.41) is 10.4. The van der Waals surface area contributed by atoms with Crippen LogP contribution in [0.1, 0.15) is 11.1 Å². The highest BCUT2D eigenvalue weighted by molar-refractivity contribution is 6.30. The number of phenols is 1. The van der Waals surface area contributed by atoms with Crippen LogP contribution in [-0.4, -0.2) is 10.1 Å². The quantitative estimate of drug-likeness (QED) is 0.393. The van der Waals surface area contributed by atoms with Crippen molar-refractivity contribution in [3.63, 3.8) is 0 Å². The molecule has 0 bridgehead atoms. The molecule has 3 aromatic carbocycles. The van der Waals surface area contributed by atoms with E-state index in [2.05, 4.69) is 30.3 Å². The van der Waals surface area contributed by atoms with Gasteiger partial charge in [-0.15, -0.1) is 0 Å². The van der Waals surface area contributed by atoms with Crippen molar-refractivity contribution in [2.24, 2.45) is 0 Å². The van der Waals surface area contributed by atoms with Gasteiger partial charge in [-0.1, -0.05) is 60.1 Å². The maximum Gasteiger partial charge on any atom is 0.115 e. The van der Waals surface area contributed by atoms with Gasteiger partial charge in [0.2, 0.25) is 0 Å². The molecule has 0 unspecified atom stereocenters. The molecule has 1 N–H and O–H groups in total. The van der Waals surface area contributed by atoms with Crippen LogP contribution in [0.5, 0.6) is 5.75 Å². The Morgan fingerprint density at radius 3 is 2.41 bits per heavy atom.